The standard InChI is InChI=1S/C26H33BrN4O7/c1-5-36-21-12-18(11-19(27)23(21)37-16-22(28)32)13-29-31-24(33)20(30-25(34)38-26(2,3)4)15-35-14-17-9-7-6-8-10-17/h6-13,20H,5,14-16H2,1-4H3,(H2,28,32)(H,30,34)(H,31,33)/b29-13-/t20-/m0/s1. The molecule has 0 saturated carbocycles. The number of carbonyl (C=O) groups is 3. The summed E-state index contributed by atoms with van der Waals surface area (Å²) in [5.41, 5.74) is 8.30. The van der Waals surface area contributed by atoms with Crippen LogP contribution < -0.4 is 25.9 Å². The van der Waals surface area contributed by atoms with E-state index in [0.717, 1.165) is 5.56 Å². The van der Waals surface area contributed by atoms with Gasteiger partial charge >= 0.3 is 6.09 Å². The minimum atomic E-state index is -1.07. The van der Waals surface area contributed by atoms with Crippen molar-refractivity contribution in [3.8, 4) is 11.5 Å². The Morgan fingerprint density at radius 2 is 1.84 bits per heavy atom. The van der Waals surface area contributed by atoms with E-state index < -0.39 is 29.6 Å². The van der Waals surface area contributed by atoms with Gasteiger partial charge in [0, 0.05) is 0 Å². The van der Waals surface area contributed by atoms with Crippen molar-refractivity contribution in [3.05, 3.63) is 58.1 Å². The largest absolute Gasteiger partial charge is 0.490 e. The zero-order chi connectivity index (χ0) is 28.1. The summed E-state index contributed by atoms with van der Waals surface area (Å²) in [7, 11) is 0. The van der Waals surface area contributed by atoms with Gasteiger partial charge in [0.1, 0.15) is 11.6 Å². The van der Waals surface area contributed by atoms with Crippen molar-refractivity contribution in [2.75, 3.05) is 19.8 Å². The normalized spacial score (nSPS) is 12.0. The average molecular weight is 593 g/mol. The Bertz CT molecular complexity index is 1120. The number of nitrogens with zero attached hydrogens (tertiary/aromatic N) is 1. The monoisotopic (exact) mass is 592 g/mol. The van der Waals surface area contributed by atoms with Gasteiger partial charge in [-0.05, 0) is 66.9 Å². The van der Waals surface area contributed by atoms with Crippen molar-refractivity contribution in [2.24, 2.45) is 10.8 Å². The first-order chi connectivity index (χ1) is 18.0. The first kappa shape index (κ1) is 30.6. The quantitative estimate of drug-likeness (QED) is 0.238. The number of hydrogen-bond donors (Lipinski definition) is 3. The van der Waals surface area contributed by atoms with Crippen molar-refractivity contribution in [3.63, 3.8) is 0 Å². The molecular weight excluding hydrogens is 560 g/mol. The Hall–Kier alpha value is -3.64. The number of benzene rings is 2. The number of amides is 3. The molecule has 0 fully saturated rings. The van der Waals surface area contributed by atoms with Gasteiger partial charge in [-0.3, -0.25) is 9.59 Å². The fourth-order valence-corrected chi connectivity index (χ4v) is 3.53. The summed E-state index contributed by atoms with van der Waals surface area (Å²) in [6.45, 7) is 7.12. The lowest BCUT2D eigenvalue weighted by Crippen LogP contribution is -2.49. The Balaban J connectivity index is 2.10. The molecule has 0 aliphatic heterocycles. The molecule has 2 aromatic carbocycles. The molecule has 38 heavy (non-hydrogen) atoms. The SMILES string of the molecule is CCOc1cc(/C=N\NC(=O)[C@H](COCc2ccccc2)NC(=O)OC(C)(C)C)cc(Br)c1OCC(N)=O. The van der Waals surface area contributed by atoms with Crippen LogP contribution in [0, 0.1) is 0 Å². The van der Waals surface area contributed by atoms with Crippen LogP contribution in [0.5, 0.6) is 11.5 Å². The van der Waals surface area contributed by atoms with Crippen molar-refractivity contribution in [2.45, 2.75) is 45.9 Å². The molecule has 1 atom stereocenters. The third kappa shape index (κ3) is 11.2. The van der Waals surface area contributed by atoms with Gasteiger partial charge < -0.3 is 30.0 Å². The number of alkyl carbamates (subject to hydrolysis) is 1. The van der Waals surface area contributed by atoms with Crippen LogP contribution in [0.2, 0.25) is 0 Å². The molecule has 0 heterocycles. The highest BCUT2D eigenvalue weighted by atomic mass is 79.9. The minimum Gasteiger partial charge on any atom is -0.490 e. The molecule has 0 bridgehead atoms. The molecule has 0 radical (unpaired) electrons. The van der Waals surface area contributed by atoms with Crippen LogP contribution in [-0.4, -0.2) is 55.6 Å². The number of rotatable bonds is 13. The van der Waals surface area contributed by atoms with Crippen LogP contribution in [0.3, 0.4) is 0 Å². The topological polar surface area (TPSA) is 151 Å². The maximum atomic E-state index is 12.8. The van der Waals surface area contributed by atoms with Crippen LogP contribution in [-0.2, 0) is 25.7 Å². The molecule has 2 rings (SSSR count). The van der Waals surface area contributed by atoms with Crippen LogP contribution in [0.15, 0.2) is 52.0 Å². The molecule has 206 valence electrons. The number of hydrogen-bond acceptors (Lipinski definition) is 8. The highest BCUT2D eigenvalue weighted by Gasteiger charge is 2.24. The van der Waals surface area contributed by atoms with Gasteiger partial charge in [0.25, 0.3) is 11.8 Å². The van der Waals surface area contributed by atoms with Crippen molar-refractivity contribution >= 4 is 40.1 Å². The summed E-state index contributed by atoms with van der Waals surface area (Å²) in [6, 6.07) is 11.6. The molecule has 12 heteroatoms. The van der Waals surface area contributed by atoms with Crippen LogP contribution >= 0.6 is 15.9 Å². The molecule has 0 spiro atoms. The summed E-state index contributed by atoms with van der Waals surface area (Å²) in [5.74, 6) is -0.570. The number of halogens is 1. The molecule has 3 amide bonds. The predicted molar refractivity (Wildman–Crippen MR) is 145 cm³/mol. The van der Waals surface area contributed by atoms with Crippen molar-refractivity contribution in [1.29, 1.82) is 0 Å². The second-order valence-electron chi connectivity index (χ2n) is 8.95. The van der Waals surface area contributed by atoms with E-state index >= 15 is 0 Å². The first-order valence-electron chi connectivity index (χ1n) is 11.8. The van der Waals surface area contributed by atoms with Gasteiger partial charge in [-0.15, -0.1) is 0 Å². The van der Waals surface area contributed by atoms with Gasteiger partial charge in [-0.1, -0.05) is 30.3 Å². The molecule has 0 aromatic heterocycles. The van der Waals surface area contributed by atoms with Crippen LogP contribution in [0.4, 0.5) is 4.79 Å². The third-order valence-corrected chi connectivity index (χ3v) is 5.07. The highest BCUT2D eigenvalue weighted by Crippen LogP contribution is 2.36. The summed E-state index contributed by atoms with van der Waals surface area (Å²) >= 11 is 3.38. The zero-order valence-corrected chi connectivity index (χ0v) is 23.4. The summed E-state index contributed by atoms with van der Waals surface area (Å²) < 4.78 is 22.4. The molecule has 0 saturated heterocycles. The molecule has 4 N–H and O–H groups in total. The van der Waals surface area contributed by atoms with E-state index in [1.807, 2.05) is 30.3 Å². The predicted octanol–water partition coefficient (Wildman–Crippen LogP) is 3.27. The Morgan fingerprint density at radius 1 is 1.13 bits per heavy atom. The van der Waals surface area contributed by atoms with Crippen molar-refractivity contribution in [1.82, 2.24) is 10.7 Å². The van der Waals surface area contributed by atoms with E-state index in [2.05, 4.69) is 31.8 Å². The number of hydrazone groups is 1. The first-order valence-corrected chi connectivity index (χ1v) is 12.6. The van der Waals surface area contributed by atoms with Crippen LogP contribution in [0.1, 0.15) is 38.8 Å². The molecule has 0 aliphatic carbocycles. The van der Waals surface area contributed by atoms with Crippen molar-refractivity contribution < 1.29 is 33.3 Å². The number of nitrogens with one attached hydrogen (secondary N) is 2. The number of carbonyl (C=O) groups excluding carboxylic acids is 3. The summed E-state index contributed by atoms with van der Waals surface area (Å²) in [5, 5.41) is 6.51. The highest BCUT2D eigenvalue weighted by molar-refractivity contribution is 9.10. The fraction of sp³-hybridized carbons (Fsp3) is 0.385. The molecule has 0 unspecified atom stereocenters. The fourth-order valence-electron chi connectivity index (χ4n) is 2.96. The molecular formula is C26H33BrN4O7. The Labute approximate surface area is 230 Å². The number of primary amides is 1. The third-order valence-electron chi connectivity index (χ3n) is 4.48. The second-order valence-corrected chi connectivity index (χ2v) is 9.81. The lowest BCUT2D eigenvalue weighted by Gasteiger charge is -2.22. The Kier molecular flexibility index (Phi) is 12.0. The maximum absolute atomic E-state index is 12.8. The molecule has 11 nitrogen and oxygen atoms in total. The lowest BCUT2D eigenvalue weighted by molar-refractivity contribution is -0.125. The molecule has 2 aromatic rings. The van der Waals surface area contributed by atoms with E-state index in [1.165, 1.54) is 6.21 Å². The van der Waals surface area contributed by atoms with Gasteiger partial charge in [0.05, 0.1) is 30.5 Å². The van der Waals surface area contributed by atoms with E-state index in [4.69, 9.17) is 24.7 Å². The van der Waals surface area contributed by atoms with Gasteiger partial charge in [0.15, 0.2) is 18.1 Å². The minimum absolute atomic E-state index is 0.110. The van der Waals surface area contributed by atoms with Gasteiger partial charge in [0.2, 0.25) is 0 Å². The summed E-state index contributed by atoms with van der Waals surface area (Å²) in [4.78, 5) is 36.2. The lowest BCUT2D eigenvalue weighted by atomic mass is 10.2. The summed E-state index contributed by atoms with van der Waals surface area (Å²) in [6.07, 6.45) is 0.625. The average Bonchev–Trinajstić information content (AvgIpc) is 2.82. The maximum Gasteiger partial charge on any atom is 0.408 e. The van der Waals surface area contributed by atoms with E-state index in [1.54, 1.807) is 39.8 Å². The van der Waals surface area contributed by atoms with Gasteiger partial charge in [-0.2, -0.15) is 5.10 Å². The number of nitrogens with two attached hydrogens (primary N) is 1. The number of ether oxygens (including phenoxy) is 4. The van der Waals surface area contributed by atoms with Gasteiger partial charge in [-0.25, -0.2) is 10.2 Å². The Morgan fingerprint density at radius 3 is 2.47 bits per heavy atom. The van der Waals surface area contributed by atoms with E-state index in [-0.39, 0.29) is 19.8 Å². The van der Waals surface area contributed by atoms with E-state index in [9.17, 15) is 14.4 Å². The molecule has 0 aliphatic rings. The second kappa shape index (κ2) is 14.9. The zero-order valence-electron chi connectivity index (χ0n) is 21.8. The van der Waals surface area contributed by atoms with E-state index in [0.29, 0.717) is 28.1 Å². The van der Waals surface area contributed by atoms with Crippen LogP contribution in [0.25, 0.3) is 0 Å². The smallest absolute Gasteiger partial charge is 0.408 e.